The highest BCUT2D eigenvalue weighted by atomic mass is 35.5. The third kappa shape index (κ3) is 6.70. The van der Waals surface area contributed by atoms with Crippen molar-refractivity contribution in [1.29, 1.82) is 0 Å². The van der Waals surface area contributed by atoms with Gasteiger partial charge in [0, 0.05) is 28.2 Å². The normalized spacial score (nSPS) is 18.4. The molecule has 0 spiro atoms. The van der Waals surface area contributed by atoms with Crippen LogP contribution < -0.4 is 4.74 Å². The molecule has 1 N–H and O–H groups in total. The predicted octanol–water partition coefficient (Wildman–Crippen LogP) is 6.92. The van der Waals surface area contributed by atoms with Crippen LogP contribution in [0.2, 0.25) is 10.0 Å². The zero-order valence-electron chi connectivity index (χ0n) is 20.8. The highest BCUT2D eigenvalue weighted by Gasteiger charge is 2.33. The molecule has 1 aliphatic heterocycles. The van der Waals surface area contributed by atoms with Crippen molar-refractivity contribution < 1.29 is 14.6 Å². The molecule has 0 amide bonds. The van der Waals surface area contributed by atoms with Gasteiger partial charge in [-0.15, -0.1) is 0 Å². The second-order valence-electron chi connectivity index (χ2n) is 9.70. The van der Waals surface area contributed by atoms with E-state index in [-0.39, 0.29) is 11.8 Å². The van der Waals surface area contributed by atoms with E-state index in [2.05, 4.69) is 16.0 Å². The van der Waals surface area contributed by atoms with E-state index < -0.39 is 5.97 Å². The Bertz CT molecular complexity index is 1170. The lowest BCUT2D eigenvalue weighted by atomic mass is 9.81. The van der Waals surface area contributed by atoms with Crippen molar-refractivity contribution in [2.75, 3.05) is 26.7 Å². The first kappa shape index (κ1) is 26.7. The molecule has 7 heteroatoms. The minimum atomic E-state index is -0.674. The molecule has 0 radical (unpaired) electrons. The van der Waals surface area contributed by atoms with Gasteiger partial charge in [-0.2, -0.15) is 0 Å². The molecule has 1 aromatic heterocycles. The monoisotopic (exact) mass is 528 g/mol. The van der Waals surface area contributed by atoms with Crippen LogP contribution in [-0.2, 0) is 17.6 Å². The SMILES string of the molecule is COc1ccc2nccc(CCC[C@@H]3CCN(CCCCc4c(Cl)cccc4Cl)C[C@@H]3C(=O)O)c2c1. The van der Waals surface area contributed by atoms with E-state index in [1.54, 1.807) is 7.11 Å². The number of aryl methyl sites for hydroxylation is 1. The number of fused-ring (bicyclic) bond motifs is 1. The van der Waals surface area contributed by atoms with Crippen LogP contribution in [0, 0.1) is 11.8 Å². The molecule has 3 aromatic rings. The lowest BCUT2D eigenvalue weighted by Gasteiger charge is -2.36. The highest BCUT2D eigenvalue weighted by Crippen LogP contribution is 2.31. The summed E-state index contributed by atoms with van der Waals surface area (Å²) < 4.78 is 5.39. The summed E-state index contributed by atoms with van der Waals surface area (Å²) in [7, 11) is 1.67. The van der Waals surface area contributed by atoms with Gasteiger partial charge in [-0.25, -0.2) is 0 Å². The molecule has 5 nitrogen and oxygen atoms in total. The molecule has 0 bridgehead atoms. The maximum atomic E-state index is 12.1. The zero-order valence-corrected chi connectivity index (χ0v) is 22.3. The third-order valence-electron chi connectivity index (χ3n) is 7.43. The fourth-order valence-corrected chi connectivity index (χ4v) is 5.97. The number of nitrogens with zero attached hydrogens (tertiary/aromatic N) is 2. The van der Waals surface area contributed by atoms with Crippen LogP contribution in [0.4, 0.5) is 0 Å². The fraction of sp³-hybridized carbons (Fsp3) is 0.448. The maximum absolute atomic E-state index is 12.1. The van der Waals surface area contributed by atoms with Gasteiger partial charge in [0.1, 0.15) is 5.75 Å². The van der Waals surface area contributed by atoms with Crippen molar-refractivity contribution in [1.82, 2.24) is 9.88 Å². The highest BCUT2D eigenvalue weighted by molar-refractivity contribution is 6.35. The van der Waals surface area contributed by atoms with Gasteiger partial charge in [0.15, 0.2) is 0 Å². The first-order chi connectivity index (χ1) is 17.5. The largest absolute Gasteiger partial charge is 0.497 e. The summed E-state index contributed by atoms with van der Waals surface area (Å²) in [5, 5.41) is 12.5. The number of ether oxygens (including phenoxy) is 1. The average Bonchev–Trinajstić information content (AvgIpc) is 2.88. The minimum absolute atomic E-state index is 0.211. The van der Waals surface area contributed by atoms with Gasteiger partial charge in [-0.3, -0.25) is 9.78 Å². The Balaban J connectivity index is 1.26. The Labute approximate surface area is 223 Å². The number of rotatable bonds is 11. The lowest BCUT2D eigenvalue weighted by molar-refractivity contribution is -0.146. The van der Waals surface area contributed by atoms with Crippen LogP contribution in [0.25, 0.3) is 10.9 Å². The zero-order chi connectivity index (χ0) is 25.5. The average molecular weight is 530 g/mol. The number of carbonyl (C=O) groups is 1. The number of hydrogen-bond acceptors (Lipinski definition) is 4. The molecule has 0 unspecified atom stereocenters. The number of aromatic nitrogens is 1. The van der Waals surface area contributed by atoms with Crippen LogP contribution in [0.3, 0.4) is 0 Å². The van der Waals surface area contributed by atoms with E-state index in [0.717, 1.165) is 80.3 Å². The molecule has 2 atom stereocenters. The summed E-state index contributed by atoms with van der Waals surface area (Å²) in [4.78, 5) is 18.9. The molecule has 2 aromatic carbocycles. The molecule has 1 saturated heterocycles. The standard InChI is InChI=1S/C29H34Cl2N2O3/c1-36-22-11-12-28-24(18-22)20(13-15-32-28)6-4-7-21-14-17-33(19-25(21)29(34)35)16-3-2-8-23-26(30)9-5-10-27(23)31/h5,9-13,15,18,21,25H,2-4,6-8,14,16-17,19H2,1H3,(H,34,35)/t21-,25+/m1/s1. The summed E-state index contributed by atoms with van der Waals surface area (Å²) in [5.41, 5.74) is 3.20. The number of piperidine rings is 1. The summed E-state index contributed by atoms with van der Waals surface area (Å²) >= 11 is 12.6. The smallest absolute Gasteiger partial charge is 0.308 e. The van der Waals surface area contributed by atoms with E-state index in [9.17, 15) is 9.90 Å². The van der Waals surface area contributed by atoms with Crippen molar-refractivity contribution in [3.05, 3.63) is 69.8 Å². The first-order valence-electron chi connectivity index (χ1n) is 12.8. The topological polar surface area (TPSA) is 62.7 Å². The second kappa shape index (κ2) is 12.8. The number of benzene rings is 2. The molecular formula is C29H34Cl2N2O3. The number of pyridine rings is 1. The van der Waals surface area contributed by atoms with Gasteiger partial charge in [-0.05, 0) is 111 Å². The van der Waals surface area contributed by atoms with Crippen LogP contribution in [0.15, 0.2) is 48.7 Å². The van der Waals surface area contributed by atoms with Crippen molar-refractivity contribution in [2.45, 2.75) is 44.9 Å². The Morgan fingerprint density at radius 3 is 2.67 bits per heavy atom. The van der Waals surface area contributed by atoms with Gasteiger partial charge in [0.05, 0.1) is 18.5 Å². The van der Waals surface area contributed by atoms with Gasteiger partial charge in [-0.1, -0.05) is 29.3 Å². The molecule has 0 aliphatic carbocycles. The summed E-state index contributed by atoms with van der Waals surface area (Å²) in [6.45, 7) is 2.49. The molecular weight excluding hydrogens is 495 g/mol. The van der Waals surface area contributed by atoms with Crippen molar-refractivity contribution in [2.24, 2.45) is 11.8 Å². The predicted molar refractivity (Wildman–Crippen MR) is 146 cm³/mol. The minimum Gasteiger partial charge on any atom is -0.497 e. The summed E-state index contributed by atoms with van der Waals surface area (Å²) in [6.07, 6.45) is 8.38. The quantitative estimate of drug-likeness (QED) is 0.273. The van der Waals surface area contributed by atoms with Crippen molar-refractivity contribution in [3.8, 4) is 5.75 Å². The number of hydrogen-bond donors (Lipinski definition) is 1. The van der Waals surface area contributed by atoms with Crippen LogP contribution in [0.1, 0.15) is 43.2 Å². The number of carboxylic acid groups (broad SMARTS) is 1. The van der Waals surface area contributed by atoms with Crippen LogP contribution >= 0.6 is 23.2 Å². The number of halogens is 2. The molecule has 2 heterocycles. The second-order valence-corrected chi connectivity index (χ2v) is 10.5. The number of aliphatic carboxylic acids is 1. The fourth-order valence-electron chi connectivity index (χ4n) is 5.39. The molecule has 36 heavy (non-hydrogen) atoms. The summed E-state index contributed by atoms with van der Waals surface area (Å²) in [5.74, 6) is 0.0473. The third-order valence-corrected chi connectivity index (χ3v) is 8.14. The van der Waals surface area contributed by atoms with E-state index in [4.69, 9.17) is 27.9 Å². The van der Waals surface area contributed by atoms with Crippen molar-refractivity contribution >= 4 is 40.1 Å². The first-order valence-corrected chi connectivity index (χ1v) is 13.5. The number of carboxylic acids is 1. The van der Waals surface area contributed by atoms with E-state index >= 15 is 0 Å². The Morgan fingerprint density at radius 2 is 1.92 bits per heavy atom. The molecule has 1 fully saturated rings. The van der Waals surface area contributed by atoms with Crippen molar-refractivity contribution in [3.63, 3.8) is 0 Å². The van der Waals surface area contributed by atoms with Crippen LogP contribution in [0.5, 0.6) is 5.75 Å². The van der Waals surface area contributed by atoms with Crippen LogP contribution in [-0.4, -0.2) is 47.7 Å². The summed E-state index contributed by atoms with van der Waals surface area (Å²) in [6, 6.07) is 13.6. The van der Waals surface area contributed by atoms with E-state index in [1.165, 1.54) is 5.56 Å². The molecule has 192 valence electrons. The number of unbranched alkanes of at least 4 members (excludes halogenated alkanes) is 1. The number of methoxy groups -OCH3 is 1. The van der Waals surface area contributed by atoms with Gasteiger partial charge in [0.25, 0.3) is 0 Å². The molecule has 1 aliphatic rings. The van der Waals surface area contributed by atoms with Gasteiger partial charge >= 0.3 is 5.97 Å². The molecule has 0 saturated carbocycles. The Morgan fingerprint density at radius 1 is 1.11 bits per heavy atom. The van der Waals surface area contributed by atoms with E-state index in [0.29, 0.717) is 16.6 Å². The van der Waals surface area contributed by atoms with E-state index in [1.807, 2.05) is 42.6 Å². The number of likely N-dealkylation sites (tertiary alicyclic amines) is 1. The Kier molecular flexibility index (Phi) is 9.47. The lowest BCUT2D eigenvalue weighted by Crippen LogP contribution is -2.44. The maximum Gasteiger partial charge on any atom is 0.308 e. The Hall–Kier alpha value is -2.34. The van der Waals surface area contributed by atoms with Gasteiger partial charge in [0.2, 0.25) is 0 Å². The molecule has 4 rings (SSSR count). The van der Waals surface area contributed by atoms with Gasteiger partial charge < -0.3 is 14.7 Å².